The molecular formula is C27H23ClN4O2. The van der Waals surface area contributed by atoms with Crippen molar-refractivity contribution in [2.24, 2.45) is 0 Å². The molecule has 0 fully saturated rings. The third-order valence-electron chi connectivity index (χ3n) is 5.89. The van der Waals surface area contributed by atoms with Crippen molar-refractivity contribution in [2.45, 2.75) is 26.8 Å². The Morgan fingerprint density at radius 1 is 0.941 bits per heavy atom. The van der Waals surface area contributed by atoms with Crippen LogP contribution in [-0.2, 0) is 0 Å². The number of nitrogens with one attached hydrogen (secondary N) is 1. The van der Waals surface area contributed by atoms with Crippen molar-refractivity contribution >= 4 is 28.9 Å². The van der Waals surface area contributed by atoms with Crippen LogP contribution in [0.15, 0.2) is 83.0 Å². The lowest BCUT2D eigenvalue weighted by atomic mass is 9.94. The highest BCUT2D eigenvalue weighted by molar-refractivity contribution is 6.30. The van der Waals surface area contributed by atoms with Crippen LogP contribution < -0.4 is 10.2 Å². The van der Waals surface area contributed by atoms with E-state index < -0.39 is 6.04 Å². The average molecular weight is 471 g/mol. The first-order valence-corrected chi connectivity index (χ1v) is 11.3. The van der Waals surface area contributed by atoms with Gasteiger partial charge in [0, 0.05) is 16.3 Å². The number of urea groups is 1. The molecule has 7 heteroatoms. The summed E-state index contributed by atoms with van der Waals surface area (Å²) in [5.41, 5.74) is 6.08. The van der Waals surface area contributed by atoms with Gasteiger partial charge in [-0.05, 0) is 56.7 Å². The number of benzene rings is 3. The zero-order valence-corrected chi connectivity index (χ0v) is 19.8. The predicted octanol–water partition coefficient (Wildman–Crippen LogP) is 6.71. The number of hydrogen-bond donors (Lipinski definition) is 1. The van der Waals surface area contributed by atoms with E-state index in [0.29, 0.717) is 28.0 Å². The Bertz CT molecular complexity index is 1410. The molecule has 3 aromatic carbocycles. The number of halogens is 1. The second-order valence-corrected chi connectivity index (χ2v) is 8.84. The minimum atomic E-state index is -0.501. The summed E-state index contributed by atoms with van der Waals surface area (Å²) >= 11 is 6.28. The number of aromatic nitrogens is 2. The highest BCUT2D eigenvalue weighted by atomic mass is 35.5. The van der Waals surface area contributed by atoms with Crippen LogP contribution in [-0.4, -0.2) is 16.2 Å². The number of carbonyl (C=O) groups is 1. The Labute approximate surface area is 202 Å². The fourth-order valence-electron chi connectivity index (χ4n) is 4.20. The Hall–Kier alpha value is -3.90. The lowest BCUT2D eigenvalue weighted by Crippen LogP contribution is -2.46. The van der Waals surface area contributed by atoms with Crippen LogP contribution in [0.2, 0.25) is 5.02 Å². The molecule has 1 aliphatic rings. The molecule has 0 saturated heterocycles. The highest BCUT2D eigenvalue weighted by Crippen LogP contribution is 2.39. The summed E-state index contributed by atoms with van der Waals surface area (Å²) in [5.74, 6) is 0.832. The van der Waals surface area contributed by atoms with Crippen molar-refractivity contribution in [2.75, 3.05) is 4.90 Å². The van der Waals surface area contributed by atoms with Gasteiger partial charge in [-0.15, -0.1) is 0 Å². The molecule has 0 spiro atoms. The molecule has 1 N–H and O–H groups in total. The van der Waals surface area contributed by atoms with Crippen LogP contribution in [0.3, 0.4) is 0 Å². The van der Waals surface area contributed by atoms with Gasteiger partial charge in [-0.3, -0.25) is 4.90 Å². The van der Waals surface area contributed by atoms with E-state index in [9.17, 15) is 4.79 Å². The Morgan fingerprint density at radius 2 is 1.71 bits per heavy atom. The summed E-state index contributed by atoms with van der Waals surface area (Å²) in [6.45, 7) is 5.92. The van der Waals surface area contributed by atoms with E-state index in [4.69, 9.17) is 21.1 Å². The minimum absolute atomic E-state index is 0.242. The van der Waals surface area contributed by atoms with Gasteiger partial charge >= 0.3 is 6.03 Å². The molecule has 2 heterocycles. The number of aryl methyl sites for hydroxylation is 2. The summed E-state index contributed by atoms with van der Waals surface area (Å²) in [6.07, 6.45) is 0. The molecule has 0 aliphatic carbocycles. The molecule has 2 amide bonds. The molecule has 5 rings (SSSR count). The number of anilines is 1. The van der Waals surface area contributed by atoms with Gasteiger partial charge in [0.25, 0.3) is 5.89 Å². The van der Waals surface area contributed by atoms with Crippen LogP contribution in [0, 0.1) is 13.8 Å². The first-order valence-electron chi connectivity index (χ1n) is 11.0. The summed E-state index contributed by atoms with van der Waals surface area (Å²) < 4.78 is 5.76. The van der Waals surface area contributed by atoms with Gasteiger partial charge in [-0.2, -0.15) is 4.98 Å². The third-order valence-corrected chi connectivity index (χ3v) is 6.13. The van der Waals surface area contributed by atoms with E-state index >= 15 is 0 Å². The van der Waals surface area contributed by atoms with Crippen molar-refractivity contribution in [1.82, 2.24) is 15.5 Å². The van der Waals surface area contributed by atoms with Crippen LogP contribution in [0.4, 0.5) is 10.5 Å². The topological polar surface area (TPSA) is 71.3 Å². The molecule has 0 saturated carbocycles. The number of nitrogens with zero attached hydrogens (tertiary/aromatic N) is 3. The maximum absolute atomic E-state index is 13.3. The second kappa shape index (κ2) is 8.80. The van der Waals surface area contributed by atoms with Gasteiger partial charge < -0.3 is 9.84 Å². The number of allylic oxidation sites excluding steroid dienone is 1. The maximum Gasteiger partial charge on any atom is 0.326 e. The van der Waals surface area contributed by atoms with Crippen LogP contribution >= 0.6 is 11.6 Å². The van der Waals surface area contributed by atoms with Crippen LogP contribution in [0.25, 0.3) is 17.0 Å². The Balaban J connectivity index is 1.66. The van der Waals surface area contributed by atoms with Gasteiger partial charge in [-0.25, -0.2) is 4.79 Å². The maximum atomic E-state index is 13.3. The molecule has 1 aliphatic heterocycles. The average Bonchev–Trinajstić information content (AvgIpc) is 3.30. The summed E-state index contributed by atoms with van der Waals surface area (Å²) in [7, 11) is 0. The number of hydrogen-bond acceptors (Lipinski definition) is 4. The quantitative estimate of drug-likeness (QED) is 0.360. The molecule has 1 aromatic heterocycles. The van der Waals surface area contributed by atoms with E-state index in [2.05, 4.69) is 10.5 Å². The SMILES string of the molecule is CC1=C(c2nc(-c3cccc(C)c3)no2)C(c2cccc(Cl)c2)NC(=O)N1c1ccc(C)cc1. The van der Waals surface area contributed by atoms with E-state index in [-0.39, 0.29) is 6.03 Å². The molecule has 1 atom stereocenters. The Morgan fingerprint density at radius 3 is 2.44 bits per heavy atom. The molecular weight excluding hydrogens is 448 g/mol. The highest BCUT2D eigenvalue weighted by Gasteiger charge is 2.36. The van der Waals surface area contributed by atoms with E-state index in [0.717, 1.165) is 27.9 Å². The van der Waals surface area contributed by atoms with Gasteiger partial charge in [0.05, 0.1) is 17.3 Å². The normalized spacial score (nSPS) is 16.1. The fraction of sp³-hybridized carbons (Fsp3) is 0.148. The zero-order chi connectivity index (χ0) is 23.8. The lowest BCUT2D eigenvalue weighted by molar-refractivity contribution is 0.244. The molecule has 0 bridgehead atoms. The van der Waals surface area contributed by atoms with Gasteiger partial charge in [0.1, 0.15) is 0 Å². The van der Waals surface area contributed by atoms with E-state index in [1.165, 1.54) is 0 Å². The first-order chi connectivity index (χ1) is 16.4. The van der Waals surface area contributed by atoms with Crippen molar-refractivity contribution in [3.05, 3.63) is 106 Å². The summed E-state index contributed by atoms with van der Waals surface area (Å²) in [6, 6.07) is 22.4. The van der Waals surface area contributed by atoms with Crippen LogP contribution in [0.1, 0.15) is 35.5 Å². The summed E-state index contributed by atoms with van der Waals surface area (Å²) in [5, 5.41) is 7.92. The number of rotatable bonds is 4. The van der Waals surface area contributed by atoms with Crippen molar-refractivity contribution in [3.63, 3.8) is 0 Å². The van der Waals surface area contributed by atoms with Gasteiger partial charge in [-0.1, -0.05) is 70.3 Å². The largest absolute Gasteiger partial charge is 0.334 e. The third kappa shape index (κ3) is 4.08. The standard InChI is InChI=1S/C27H23ClN4O2/c1-16-10-12-22(13-11-16)32-18(3)23(24(29-27(32)33)19-7-5-9-21(28)15-19)26-30-25(31-34-26)20-8-4-6-17(2)14-20/h4-15,24H,1-3H3,(H,29,33). The molecule has 0 radical (unpaired) electrons. The van der Waals surface area contributed by atoms with Crippen LogP contribution in [0.5, 0.6) is 0 Å². The Kier molecular flexibility index (Phi) is 5.67. The molecule has 34 heavy (non-hydrogen) atoms. The first kappa shape index (κ1) is 21.9. The molecule has 170 valence electrons. The van der Waals surface area contributed by atoms with Gasteiger partial charge in [0.15, 0.2) is 0 Å². The monoisotopic (exact) mass is 470 g/mol. The fourth-order valence-corrected chi connectivity index (χ4v) is 4.39. The summed E-state index contributed by atoms with van der Waals surface area (Å²) in [4.78, 5) is 19.6. The van der Waals surface area contributed by atoms with Crippen molar-refractivity contribution < 1.29 is 9.32 Å². The second-order valence-electron chi connectivity index (χ2n) is 8.40. The number of amides is 2. The lowest BCUT2D eigenvalue weighted by Gasteiger charge is -2.35. The number of carbonyl (C=O) groups excluding carboxylic acids is 1. The smallest absolute Gasteiger partial charge is 0.326 e. The molecule has 6 nitrogen and oxygen atoms in total. The zero-order valence-electron chi connectivity index (χ0n) is 19.0. The van der Waals surface area contributed by atoms with E-state index in [1.807, 2.05) is 87.5 Å². The minimum Gasteiger partial charge on any atom is -0.334 e. The van der Waals surface area contributed by atoms with Gasteiger partial charge in [0.2, 0.25) is 5.82 Å². The van der Waals surface area contributed by atoms with Crippen molar-refractivity contribution in [3.8, 4) is 11.4 Å². The molecule has 4 aromatic rings. The van der Waals surface area contributed by atoms with E-state index in [1.54, 1.807) is 11.0 Å². The van der Waals surface area contributed by atoms with Crippen molar-refractivity contribution in [1.29, 1.82) is 0 Å². The predicted molar refractivity (Wildman–Crippen MR) is 133 cm³/mol. The molecule has 1 unspecified atom stereocenters.